The third kappa shape index (κ3) is 3.85. The summed E-state index contributed by atoms with van der Waals surface area (Å²) < 4.78 is 15.2. The topological polar surface area (TPSA) is 64.0 Å². The van der Waals surface area contributed by atoms with Gasteiger partial charge in [0.15, 0.2) is 5.82 Å². The van der Waals surface area contributed by atoms with E-state index in [1.54, 1.807) is 16.7 Å². The second-order valence-electron chi connectivity index (χ2n) is 6.91. The van der Waals surface area contributed by atoms with Crippen molar-refractivity contribution in [2.75, 3.05) is 5.32 Å². The highest BCUT2D eigenvalue weighted by molar-refractivity contribution is 6.08. The molecule has 0 aliphatic heterocycles. The molecular formula is C24H20FN3O2. The number of halogens is 1. The van der Waals surface area contributed by atoms with Gasteiger partial charge in [0.1, 0.15) is 12.4 Å². The molecule has 1 amide bonds. The number of ketones is 1. The van der Waals surface area contributed by atoms with E-state index in [2.05, 4.69) is 10.3 Å². The number of fused-ring (bicyclic) bond motifs is 1. The number of amides is 1. The summed E-state index contributed by atoms with van der Waals surface area (Å²) in [6.07, 6.45) is 0.785. The molecule has 0 aliphatic carbocycles. The van der Waals surface area contributed by atoms with Crippen molar-refractivity contribution in [3.05, 3.63) is 95.6 Å². The Kier molecular flexibility index (Phi) is 5.39. The maximum atomic E-state index is 13.6. The molecule has 30 heavy (non-hydrogen) atoms. The number of nitrogens with zero attached hydrogens (tertiary/aromatic N) is 2. The summed E-state index contributed by atoms with van der Waals surface area (Å²) in [4.78, 5) is 30.3. The van der Waals surface area contributed by atoms with Crippen LogP contribution in [0.1, 0.15) is 28.7 Å². The summed E-state index contributed by atoms with van der Waals surface area (Å²) in [5.74, 6) is -1.11. The van der Waals surface area contributed by atoms with Crippen LogP contribution in [0.15, 0.2) is 72.8 Å². The van der Waals surface area contributed by atoms with Gasteiger partial charge in [0.25, 0.3) is 0 Å². The van der Waals surface area contributed by atoms with Crippen LogP contribution >= 0.6 is 0 Å². The highest BCUT2D eigenvalue weighted by Gasteiger charge is 2.21. The van der Waals surface area contributed by atoms with Crippen molar-refractivity contribution in [1.82, 2.24) is 9.55 Å². The van der Waals surface area contributed by atoms with E-state index in [-0.39, 0.29) is 23.8 Å². The fourth-order valence-corrected chi connectivity index (χ4v) is 3.45. The van der Waals surface area contributed by atoms with E-state index in [0.29, 0.717) is 11.0 Å². The van der Waals surface area contributed by atoms with Gasteiger partial charge in [0.2, 0.25) is 11.7 Å². The number of anilines is 1. The minimum atomic E-state index is -0.502. The minimum absolute atomic E-state index is 0.0883. The first kappa shape index (κ1) is 19.5. The van der Waals surface area contributed by atoms with Gasteiger partial charge in [-0.2, -0.15) is 0 Å². The fraction of sp³-hybridized carbons (Fsp3) is 0.125. The van der Waals surface area contributed by atoms with Crippen molar-refractivity contribution in [3.63, 3.8) is 0 Å². The molecule has 0 bridgehead atoms. The van der Waals surface area contributed by atoms with Crippen LogP contribution in [-0.4, -0.2) is 21.2 Å². The SMILES string of the molecule is CCc1ccccc1NC(=O)Cn1c(C(=O)c2cccc(F)c2)nc2ccccc21. The third-order valence-electron chi connectivity index (χ3n) is 4.92. The molecule has 150 valence electrons. The van der Waals surface area contributed by atoms with Crippen LogP contribution < -0.4 is 5.32 Å². The van der Waals surface area contributed by atoms with E-state index in [4.69, 9.17) is 0 Å². The Balaban J connectivity index is 1.70. The Labute approximate surface area is 173 Å². The molecule has 0 unspecified atom stereocenters. The number of hydrogen-bond donors (Lipinski definition) is 1. The predicted octanol–water partition coefficient (Wildman–Crippen LogP) is 4.61. The summed E-state index contributed by atoms with van der Waals surface area (Å²) >= 11 is 0. The van der Waals surface area contributed by atoms with E-state index < -0.39 is 11.6 Å². The van der Waals surface area contributed by atoms with Crippen LogP contribution in [0.5, 0.6) is 0 Å². The van der Waals surface area contributed by atoms with Gasteiger partial charge in [-0.25, -0.2) is 9.37 Å². The molecular weight excluding hydrogens is 381 g/mol. The smallest absolute Gasteiger partial charge is 0.244 e. The van der Waals surface area contributed by atoms with E-state index in [1.807, 2.05) is 43.3 Å². The van der Waals surface area contributed by atoms with Gasteiger partial charge in [0, 0.05) is 11.3 Å². The number of nitrogens with one attached hydrogen (secondary N) is 1. The van der Waals surface area contributed by atoms with Crippen LogP contribution in [-0.2, 0) is 17.8 Å². The molecule has 0 atom stereocenters. The Hall–Kier alpha value is -3.80. The summed E-state index contributed by atoms with van der Waals surface area (Å²) in [5.41, 5.74) is 3.21. The number of rotatable bonds is 6. The lowest BCUT2D eigenvalue weighted by Crippen LogP contribution is -2.22. The van der Waals surface area contributed by atoms with Gasteiger partial charge in [-0.05, 0) is 42.3 Å². The zero-order chi connectivity index (χ0) is 21.1. The second kappa shape index (κ2) is 8.29. The number of para-hydroxylation sites is 3. The molecule has 3 aromatic carbocycles. The Morgan fingerprint density at radius 3 is 2.57 bits per heavy atom. The maximum Gasteiger partial charge on any atom is 0.244 e. The van der Waals surface area contributed by atoms with Crippen molar-refractivity contribution in [2.24, 2.45) is 0 Å². The van der Waals surface area contributed by atoms with Crippen LogP contribution in [0.3, 0.4) is 0 Å². The monoisotopic (exact) mass is 401 g/mol. The van der Waals surface area contributed by atoms with Crippen LogP contribution in [0, 0.1) is 5.82 Å². The first-order valence-corrected chi connectivity index (χ1v) is 9.70. The Bertz CT molecular complexity index is 1250. The number of carbonyl (C=O) groups is 2. The summed E-state index contributed by atoms with van der Waals surface area (Å²) in [6, 6.07) is 20.3. The molecule has 1 aromatic heterocycles. The highest BCUT2D eigenvalue weighted by Crippen LogP contribution is 2.20. The quantitative estimate of drug-likeness (QED) is 0.480. The predicted molar refractivity (Wildman–Crippen MR) is 114 cm³/mol. The molecule has 4 rings (SSSR count). The molecule has 0 aliphatic rings. The average Bonchev–Trinajstić information content (AvgIpc) is 3.12. The molecule has 0 radical (unpaired) electrons. The Morgan fingerprint density at radius 2 is 1.77 bits per heavy atom. The molecule has 0 saturated heterocycles. The minimum Gasteiger partial charge on any atom is -0.324 e. The standard InChI is InChI=1S/C24H20FN3O2/c1-2-16-8-3-4-11-19(16)26-22(29)15-28-21-13-6-5-12-20(21)27-24(28)23(30)17-9-7-10-18(25)14-17/h3-14H,2,15H2,1H3,(H,26,29). The van der Waals surface area contributed by atoms with Gasteiger partial charge in [-0.3, -0.25) is 9.59 Å². The Morgan fingerprint density at radius 1 is 1.00 bits per heavy atom. The molecule has 1 heterocycles. The lowest BCUT2D eigenvalue weighted by atomic mass is 10.1. The van der Waals surface area contributed by atoms with Gasteiger partial charge in [-0.15, -0.1) is 0 Å². The van der Waals surface area contributed by atoms with Crippen LogP contribution in [0.4, 0.5) is 10.1 Å². The molecule has 4 aromatic rings. The largest absolute Gasteiger partial charge is 0.324 e. The van der Waals surface area contributed by atoms with Gasteiger partial charge >= 0.3 is 0 Å². The average molecular weight is 401 g/mol. The zero-order valence-corrected chi connectivity index (χ0v) is 16.4. The molecule has 6 heteroatoms. The summed E-state index contributed by atoms with van der Waals surface area (Å²) in [5, 5.41) is 2.92. The van der Waals surface area contributed by atoms with Crippen molar-refractivity contribution in [1.29, 1.82) is 0 Å². The van der Waals surface area contributed by atoms with Gasteiger partial charge < -0.3 is 9.88 Å². The number of carbonyl (C=O) groups excluding carboxylic acids is 2. The van der Waals surface area contributed by atoms with Crippen molar-refractivity contribution in [3.8, 4) is 0 Å². The third-order valence-corrected chi connectivity index (χ3v) is 4.92. The molecule has 0 fully saturated rings. The van der Waals surface area contributed by atoms with Crippen molar-refractivity contribution < 1.29 is 14.0 Å². The van der Waals surface area contributed by atoms with Crippen LogP contribution in [0.25, 0.3) is 11.0 Å². The van der Waals surface area contributed by atoms with E-state index in [9.17, 15) is 14.0 Å². The maximum absolute atomic E-state index is 13.6. The number of imidazole rings is 1. The molecule has 0 spiro atoms. The number of benzene rings is 3. The highest BCUT2D eigenvalue weighted by atomic mass is 19.1. The molecule has 1 N–H and O–H groups in total. The number of aryl methyl sites for hydroxylation is 1. The summed E-state index contributed by atoms with van der Waals surface area (Å²) in [7, 11) is 0. The van der Waals surface area contributed by atoms with Crippen LogP contribution in [0.2, 0.25) is 0 Å². The molecule has 0 saturated carbocycles. The normalized spacial score (nSPS) is 10.9. The number of hydrogen-bond acceptors (Lipinski definition) is 3. The first-order chi connectivity index (χ1) is 14.6. The zero-order valence-electron chi connectivity index (χ0n) is 16.4. The number of aromatic nitrogens is 2. The van der Waals surface area contributed by atoms with Crippen molar-refractivity contribution >= 4 is 28.4 Å². The second-order valence-corrected chi connectivity index (χ2v) is 6.91. The lowest BCUT2D eigenvalue weighted by molar-refractivity contribution is -0.116. The van der Waals surface area contributed by atoms with E-state index in [0.717, 1.165) is 17.7 Å². The fourth-order valence-electron chi connectivity index (χ4n) is 3.45. The van der Waals surface area contributed by atoms with Crippen molar-refractivity contribution in [2.45, 2.75) is 19.9 Å². The van der Waals surface area contributed by atoms with Gasteiger partial charge in [-0.1, -0.05) is 49.4 Å². The summed E-state index contributed by atoms with van der Waals surface area (Å²) in [6.45, 7) is 1.93. The molecule has 5 nitrogen and oxygen atoms in total. The van der Waals surface area contributed by atoms with E-state index in [1.165, 1.54) is 24.3 Å². The first-order valence-electron chi connectivity index (χ1n) is 9.70. The lowest BCUT2D eigenvalue weighted by Gasteiger charge is -2.12. The van der Waals surface area contributed by atoms with E-state index >= 15 is 0 Å². The van der Waals surface area contributed by atoms with Gasteiger partial charge in [0.05, 0.1) is 11.0 Å².